The Bertz CT molecular complexity index is 1730. The highest BCUT2D eigenvalue weighted by atomic mass is 16.8. The van der Waals surface area contributed by atoms with Gasteiger partial charge in [-0.25, -0.2) is 0 Å². The number of hydrogen-bond acceptors (Lipinski definition) is 15. The molecule has 0 spiro atoms. The van der Waals surface area contributed by atoms with Gasteiger partial charge in [-0.1, -0.05) is 117 Å². The first kappa shape index (κ1) is 48.7. The summed E-state index contributed by atoms with van der Waals surface area (Å²) in [7, 11) is 1.38. The van der Waals surface area contributed by atoms with Crippen molar-refractivity contribution in [3.8, 4) is 0 Å². The SMILES string of the molecule is COC(=O)CCCCCCCCO[C@H]1O[C@H](CO)[C@@H](O)[C@H](OC(C)=O)[C@H]1O[C@H]1O[C@H](COC(C)=O)[C@@H](OCc2ccccc2)[C@H](OCc2ccccc2)[C@H]1OCc1ccccc1. The Morgan fingerprint density at radius 1 is 0.581 bits per heavy atom. The minimum Gasteiger partial charge on any atom is -0.469 e. The van der Waals surface area contributed by atoms with Gasteiger partial charge in [-0.05, 0) is 29.5 Å². The highest BCUT2D eigenvalue weighted by molar-refractivity contribution is 5.69. The number of methoxy groups -OCH3 is 1. The molecule has 0 amide bonds. The van der Waals surface area contributed by atoms with E-state index in [-0.39, 0.29) is 39.0 Å². The number of unbranched alkanes of at least 4 members (excludes halogenated alkanes) is 5. The highest BCUT2D eigenvalue weighted by Gasteiger charge is 2.54. The zero-order chi connectivity index (χ0) is 44.1. The van der Waals surface area contributed by atoms with Crippen LogP contribution in [-0.4, -0.2) is 116 Å². The van der Waals surface area contributed by atoms with Gasteiger partial charge in [0.15, 0.2) is 24.8 Å². The monoisotopic (exact) mass is 866 g/mol. The third-order valence-corrected chi connectivity index (χ3v) is 10.6. The average Bonchev–Trinajstić information content (AvgIpc) is 3.28. The first-order valence-corrected chi connectivity index (χ1v) is 21.4. The van der Waals surface area contributed by atoms with Crippen molar-refractivity contribution in [2.75, 3.05) is 26.9 Å². The van der Waals surface area contributed by atoms with E-state index in [1.807, 2.05) is 91.0 Å². The van der Waals surface area contributed by atoms with Crippen LogP contribution in [0.25, 0.3) is 0 Å². The molecule has 0 unspecified atom stereocenters. The van der Waals surface area contributed by atoms with E-state index in [1.165, 1.54) is 21.0 Å². The van der Waals surface area contributed by atoms with Crippen molar-refractivity contribution in [2.24, 2.45) is 0 Å². The lowest BCUT2D eigenvalue weighted by molar-refractivity contribution is -0.377. The molecule has 0 saturated carbocycles. The minimum absolute atomic E-state index is 0.103. The maximum atomic E-state index is 12.6. The number of aliphatic hydroxyl groups is 2. The Morgan fingerprint density at radius 2 is 1.10 bits per heavy atom. The summed E-state index contributed by atoms with van der Waals surface area (Å²) in [4.78, 5) is 36.3. The summed E-state index contributed by atoms with van der Waals surface area (Å²) in [6, 6.07) is 28.7. The third kappa shape index (κ3) is 15.5. The topological polar surface area (TPSA) is 184 Å². The molecule has 0 bridgehead atoms. The maximum Gasteiger partial charge on any atom is 0.305 e. The van der Waals surface area contributed by atoms with Crippen molar-refractivity contribution in [1.82, 2.24) is 0 Å². The van der Waals surface area contributed by atoms with E-state index in [0.29, 0.717) is 12.8 Å². The van der Waals surface area contributed by atoms with Gasteiger partial charge in [0.25, 0.3) is 0 Å². The Labute approximate surface area is 363 Å². The van der Waals surface area contributed by atoms with Gasteiger partial charge in [0.2, 0.25) is 0 Å². The molecule has 0 aliphatic carbocycles. The number of benzene rings is 3. The number of aliphatic hydroxyl groups excluding tert-OH is 2. The quantitative estimate of drug-likeness (QED) is 0.0631. The summed E-state index contributed by atoms with van der Waals surface area (Å²) in [5.74, 6) is -1.47. The molecule has 2 heterocycles. The largest absolute Gasteiger partial charge is 0.469 e. The normalized spacial score (nSPS) is 26.1. The summed E-state index contributed by atoms with van der Waals surface area (Å²) in [5.41, 5.74) is 2.61. The van der Waals surface area contributed by atoms with Crippen LogP contribution in [0.3, 0.4) is 0 Å². The summed E-state index contributed by atoms with van der Waals surface area (Å²) in [5, 5.41) is 21.7. The summed E-state index contributed by atoms with van der Waals surface area (Å²) < 4.78 is 61.8. The standard InChI is InChI=1S/C47H62O15/c1-32(49)55-31-38-41(56-28-34-19-11-8-12-20-34)43(57-29-35-21-13-9-14-22-35)44(58-30-36-23-15-10-16-24-36)47(61-38)62-45-42(59-33(2)50)40(52)37(27-48)60-46(45)54-26-18-7-5-4-6-17-25-39(51)53-3/h8-16,19-24,37-38,40-48,52H,4-7,17-18,25-31H2,1-3H3/t37-,38-,40-,41-,42+,43+,44-,45-,46+,47-/m1/s1. The molecule has 3 aromatic carbocycles. The first-order valence-electron chi connectivity index (χ1n) is 21.4. The van der Waals surface area contributed by atoms with E-state index in [4.69, 9.17) is 47.4 Å². The Balaban J connectivity index is 1.45. The molecule has 0 aromatic heterocycles. The van der Waals surface area contributed by atoms with Crippen LogP contribution in [0, 0.1) is 0 Å². The summed E-state index contributed by atoms with van der Waals surface area (Å²) >= 11 is 0. The van der Waals surface area contributed by atoms with Crippen LogP contribution in [0.2, 0.25) is 0 Å². The molecule has 2 fully saturated rings. The molecule has 2 aliphatic heterocycles. The van der Waals surface area contributed by atoms with Crippen molar-refractivity contribution < 1.29 is 72.0 Å². The average molecular weight is 867 g/mol. The highest BCUT2D eigenvalue weighted by Crippen LogP contribution is 2.35. The lowest BCUT2D eigenvalue weighted by atomic mass is 9.96. The molecule has 340 valence electrons. The molecule has 0 radical (unpaired) electrons. The minimum atomic E-state index is -1.52. The predicted octanol–water partition coefficient (Wildman–Crippen LogP) is 5.35. The molecule has 2 aliphatic rings. The number of carbonyl (C=O) groups excluding carboxylic acids is 3. The van der Waals surface area contributed by atoms with E-state index in [0.717, 1.165) is 48.8 Å². The van der Waals surface area contributed by atoms with E-state index >= 15 is 0 Å². The van der Waals surface area contributed by atoms with E-state index in [2.05, 4.69) is 0 Å². The van der Waals surface area contributed by atoms with Gasteiger partial charge in [-0.3, -0.25) is 14.4 Å². The van der Waals surface area contributed by atoms with E-state index in [9.17, 15) is 24.6 Å². The zero-order valence-electron chi connectivity index (χ0n) is 35.8. The lowest BCUT2D eigenvalue weighted by Crippen LogP contribution is -2.66. The van der Waals surface area contributed by atoms with Gasteiger partial charge in [0.1, 0.15) is 43.2 Å². The van der Waals surface area contributed by atoms with Gasteiger partial charge in [-0.15, -0.1) is 0 Å². The fourth-order valence-electron chi connectivity index (χ4n) is 7.37. The number of esters is 3. The van der Waals surface area contributed by atoms with Crippen molar-refractivity contribution in [2.45, 2.75) is 140 Å². The van der Waals surface area contributed by atoms with Crippen LogP contribution in [0.5, 0.6) is 0 Å². The number of hydrogen-bond donors (Lipinski definition) is 2. The Hall–Kier alpha value is -4.29. The van der Waals surface area contributed by atoms with Crippen LogP contribution in [0.15, 0.2) is 91.0 Å². The first-order chi connectivity index (χ1) is 30.2. The summed E-state index contributed by atoms with van der Waals surface area (Å²) in [6.45, 7) is 2.28. The number of carbonyl (C=O) groups is 3. The van der Waals surface area contributed by atoms with Crippen LogP contribution in [0.1, 0.15) is 75.5 Å². The fraction of sp³-hybridized carbons (Fsp3) is 0.553. The van der Waals surface area contributed by atoms with Crippen molar-refractivity contribution in [3.63, 3.8) is 0 Å². The van der Waals surface area contributed by atoms with Gasteiger partial charge < -0.3 is 57.6 Å². The number of ether oxygens (including phenoxy) is 10. The van der Waals surface area contributed by atoms with Gasteiger partial charge >= 0.3 is 17.9 Å². The second-order valence-corrected chi connectivity index (χ2v) is 15.3. The molecule has 2 N–H and O–H groups in total. The van der Waals surface area contributed by atoms with Crippen molar-refractivity contribution in [1.29, 1.82) is 0 Å². The molecule has 5 rings (SSSR count). The second kappa shape index (κ2) is 26.4. The third-order valence-electron chi connectivity index (χ3n) is 10.6. The van der Waals surface area contributed by atoms with Crippen molar-refractivity contribution in [3.05, 3.63) is 108 Å². The molecule has 10 atom stereocenters. The molecule has 15 heteroatoms. The Morgan fingerprint density at radius 3 is 1.63 bits per heavy atom. The van der Waals surface area contributed by atoms with Crippen LogP contribution >= 0.6 is 0 Å². The van der Waals surface area contributed by atoms with Crippen LogP contribution in [0.4, 0.5) is 0 Å². The molecular formula is C47H62O15. The Kier molecular flexibility index (Phi) is 20.7. The molecule has 3 aromatic rings. The molecule has 62 heavy (non-hydrogen) atoms. The zero-order valence-corrected chi connectivity index (χ0v) is 35.8. The fourth-order valence-corrected chi connectivity index (χ4v) is 7.37. The van der Waals surface area contributed by atoms with Gasteiger partial charge in [0.05, 0.1) is 33.5 Å². The predicted molar refractivity (Wildman–Crippen MR) is 223 cm³/mol. The second-order valence-electron chi connectivity index (χ2n) is 15.3. The summed E-state index contributed by atoms with van der Waals surface area (Å²) in [6.07, 6.45) is -6.46. The van der Waals surface area contributed by atoms with Gasteiger partial charge in [0, 0.05) is 26.9 Å². The molecular weight excluding hydrogens is 805 g/mol. The van der Waals surface area contributed by atoms with E-state index in [1.54, 1.807) is 0 Å². The molecule has 2 saturated heterocycles. The smallest absolute Gasteiger partial charge is 0.305 e. The van der Waals surface area contributed by atoms with Crippen molar-refractivity contribution >= 4 is 17.9 Å². The van der Waals surface area contributed by atoms with Crippen LogP contribution in [-0.2, 0) is 81.6 Å². The van der Waals surface area contributed by atoms with Gasteiger partial charge in [-0.2, -0.15) is 0 Å². The van der Waals surface area contributed by atoms with E-state index < -0.39 is 80.0 Å². The molecule has 15 nitrogen and oxygen atoms in total. The lowest BCUT2D eigenvalue weighted by Gasteiger charge is -2.49. The number of rotatable bonds is 25. The van der Waals surface area contributed by atoms with Crippen LogP contribution < -0.4 is 0 Å². The maximum absolute atomic E-state index is 12.6.